The van der Waals surface area contributed by atoms with Crippen LogP contribution in [0.15, 0.2) is 18.2 Å². The molecule has 0 unspecified atom stereocenters. The molecule has 1 rings (SSSR count). The van der Waals surface area contributed by atoms with E-state index in [2.05, 4.69) is 4.74 Å². The summed E-state index contributed by atoms with van der Waals surface area (Å²) in [4.78, 5) is 10.0. The van der Waals surface area contributed by atoms with Gasteiger partial charge in [-0.15, -0.1) is 12.4 Å². The molecule has 0 aliphatic heterocycles. The summed E-state index contributed by atoms with van der Waals surface area (Å²) in [5.74, 6) is 0. The highest BCUT2D eigenvalue weighted by Crippen LogP contribution is 2.22. The Morgan fingerprint density at radius 1 is 1.36 bits per heavy atom. The van der Waals surface area contributed by atoms with E-state index in [9.17, 15) is 4.79 Å². The first-order valence-corrected chi connectivity index (χ1v) is 4.15. The summed E-state index contributed by atoms with van der Waals surface area (Å²) in [6.45, 7) is -0.0216. The van der Waals surface area contributed by atoms with Gasteiger partial charge >= 0.3 is 6.16 Å². The third-order valence-corrected chi connectivity index (χ3v) is 2.09. The van der Waals surface area contributed by atoms with Crippen molar-refractivity contribution in [2.24, 2.45) is 0 Å². The lowest BCUT2D eigenvalue weighted by atomic mass is 10.2. The van der Waals surface area contributed by atoms with Crippen molar-refractivity contribution >= 4 is 41.8 Å². The maximum atomic E-state index is 10.0. The Balaban J connectivity index is 0.00000169. The van der Waals surface area contributed by atoms with Gasteiger partial charge in [0.05, 0.1) is 10.0 Å². The van der Waals surface area contributed by atoms with Gasteiger partial charge in [-0.3, -0.25) is 0 Å². The smallest absolute Gasteiger partial charge is 0.450 e. The summed E-state index contributed by atoms with van der Waals surface area (Å²) >= 11 is 11.3. The molecule has 0 aromatic heterocycles. The van der Waals surface area contributed by atoms with Gasteiger partial charge in [-0.05, 0) is 17.7 Å². The van der Waals surface area contributed by atoms with E-state index >= 15 is 0 Å². The van der Waals surface area contributed by atoms with E-state index in [1.54, 1.807) is 18.2 Å². The number of carboxylic acid groups (broad SMARTS) is 1. The number of rotatable bonds is 2. The topological polar surface area (TPSA) is 46.5 Å². The SMILES string of the molecule is Cl.O=C(O)OCc1ccc(Cl)c(Cl)c1. The number of hydrogen-bond donors (Lipinski definition) is 1. The second-order valence-electron chi connectivity index (χ2n) is 2.30. The van der Waals surface area contributed by atoms with Crippen molar-refractivity contribution < 1.29 is 14.6 Å². The van der Waals surface area contributed by atoms with Crippen molar-refractivity contribution in [3.8, 4) is 0 Å². The molecule has 6 heteroatoms. The Bertz CT molecular complexity index is 328. The quantitative estimate of drug-likeness (QED) is 0.823. The Hall–Kier alpha value is -0.640. The van der Waals surface area contributed by atoms with E-state index in [0.717, 1.165) is 0 Å². The molecule has 0 bridgehead atoms. The molecule has 1 aromatic rings. The summed E-state index contributed by atoms with van der Waals surface area (Å²) in [5.41, 5.74) is 0.664. The first kappa shape index (κ1) is 13.4. The van der Waals surface area contributed by atoms with Gasteiger partial charge < -0.3 is 9.84 Å². The monoisotopic (exact) mass is 256 g/mol. The highest BCUT2D eigenvalue weighted by atomic mass is 35.5. The molecule has 0 aliphatic rings. The van der Waals surface area contributed by atoms with Gasteiger partial charge in [-0.1, -0.05) is 29.3 Å². The van der Waals surface area contributed by atoms with Crippen molar-refractivity contribution in [2.45, 2.75) is 6.61 Å². The van der Waals surface area contributed by atoms with Crippen LogP contribution in [0, 0.1) is 0 Å². The number of hydrogen-bond acceptors (Lipinski definition) is 2. The minimum atomic E-state index is -1.31. The summed E-state index contributed by atoms with van der Waals surface area (Å²) < 4.78 is 4.34. The second kappa shape index (κ2) is 5.96. The van der Waals surface area contributed by atoms with E-state index in [4.69, 9.17) is 28.3 Å². The van der Waals surface area contributed by atoms with E-state index in [0.29, 0.717) is 15.6 Å². The summed E-state index contributed by atoms with van der Waals surface area (Å²) in [6.07, 6.45) is -1.31. The van der Waals surface area contributed by atoms with Gasteiger partial charge in [-0.25, -0.2) is 4.79 Å². The molecule has 78 valence electrons. The van der Waals surface area contributed by atoms with Crippen molar-refractivity contribution in [2.75, 3.05) is 0 Å². The van der Waals surface area contributed by atoms with E-state index in [1.165, 1.54) is 0 Å². The average Bonchev–Trinajstić information content (AvgIpc) is 2.07. The first-order valence-electron chi connectivity index (χ1n) is 3.39. The molecular formula is C8H7Cl3O3. The third-order valence-electron chi connectivity index (χ3n) is 1.35. The van der Waals surface area contributed by atoms with E-state index in [-0.39, 0.29) is 19.0 Å². The molecule has 0 saturated carbocycles. The summed E-state index contributed by atoms with van der Waals surface area (Å²) in [7, 11) is 0. The van der Waals surface area contributed by atoms with Crippen LogP contribution in [0.25, 0.3) is 0 Å². The maximum Gasteiger partial charge on any atom is 0.506 e. The van der Waals surface area contributed by atoms with Crippen molar-refractivity contribution in [1.82, 2.24) is 0 Å². The van der Waals surface area contributed by atoms with Gasteiger partial charge in [0.25, 0.3) is 0 Å². The second-order valence-corrected chi connectivity index (χ2v) is 3.12. The minimum absolute atomic E-state index is 0. The zero-order valence-corrected chi connectivity index (χ0v) is 9.20. The fraction of sp³-hybridized carbons (Fsp3) is 0.125. The summed E-state index contributed by atoms with van der Waals surface area (Å²) in [6, 6.07) is 4.80. The van der Waals surface area contributed by atoms with Crippen molar-refractivity contribution in [3.63, 3.8) is 0 Å². The molecule has 0 heterocycles. The highest BCUT2D eigenvalue weighted by Gasteiger charge is 2.01. The Labute approximate surface area is 97.0 Å². The molecule has 0 fully saturated rings. The van der Waals surface area contributed by atoms with Crippen LogP contribution in [0.1, 0.15) is 5.56 Å². The predicted octanol–water partition coefficient (Wildman–Crippen LogP) is 3.61. The molecular weight excluding hydrogens is 250 g/mol. The van der Waals surface area contributed by atoms with Crippen LogP contribution in [-0.4, -0.2) is 11.3 Å². The zero-order chi connectivity index (χ0) is 9.84. The van der Waals surface area contributed by atoms with Crippen LogP contribution < -0.4 is 0 Å². The van der Waals surface area contributed by atoms with Gasteiger partial charge in [-0.2, -0.15) is 0 Å². The van der Waals surface area contributed by atoms with Gasteiger partial charge in [0.15, 0.2) is 0 Å². The van der Waals surface area contributed by atoms with Crippen LogP contribution in [0.2, 0.25) is 10.0 Å². The third kappa shape index (κ3) is 4.05. The molecule has 1 N–H and O–H groups in total. The Morgan fingerprint density at radius 3 is 2.50 bits per heavy atom. The molecule has 14 heavy (non-hydrogen) atoms. The Morgan fingerprint density at radius 2 is 2.00 bits per heavy atom. The largest absolute Gasteiger partial charge is 0.506 e. The molecule has 0 atom stereocenters. The van der Waals surface area contributed by atoms with Crippen LogP contribution >= 0.6 is 35.6 Å². The normalized spacial score (nSPS) is 9.00. The Kier molecular flexibility index (Phi) is 5.69. The van der Waals surface area contributed by atoms with Gasteiger partial charge in [0.1, 0.15) is 6.61 Å². The van der Waals surface area contributed by atoms with Crippen LogP contribution in [-0.2, 0) is 11.3 Å². The van der Waals surface area contributed by atoms with E-state index in [1.807, 2.05) is 0 Å². The fourth-order valence-electron chi connectivity index (χ4n) is 0.774. The standard InChI is InChI=1S/C8H6Cl2O3.ClH/c9-6-2-1-5(3-7(6)10)4-13-8(11)12;/h1-3H,4H2,(H,11,12);1H. The predicted molar refractivity (Wildman–Crippen MR) is 56.5 cm³/mol. The number of ether oxygens (including phenoxy) is 1. The number of halogens is 3. The molecule has 0 saturated heterocycles. The lowest BCUT2D eigenvalue weighted by molar-refractivity contribution is 0.0854. The van der Waals surface area contributed by atoms with Crippen LogP contribution in [0.4, 0.5) is 4.79 Å². The molecule has 0 spiro atoms. The lowest BCUT2D eigenvalue weighted by Crippen LogP contribution is -1.99. The molecule has 1 aromatic carbocycles. The highest BCUT2D eigenvalue weighted by molar-refractivity contribution is 6.42. The maximum absolute atomic E-state index is 10.0. The van der Waals surface area contributed by atoms with Gasteiger partial charge in [0.2, 0.25) is 0 Å². The molecule has 3 nitrogen and oxygen atoms in total. The fourth-order valence-corrected chi connectivity index (χ4v) is 1.10. The number of benzene rings is 1. The van der Waals surface area contributed by atoms with Gasteiger partial charge in [0, 0.05) is 0 Å². The van der Waals surface area contributed by atoms with Crippen molar-refractivity contribution in [3.05, 3.63) is 33.8 Å². The average molecular weight is 258 g/mol. The molecule has 0 aliphatic carbocycles. The first-order chi connectivity index (χ1) is 6.09. The van der Waals surface area contributed by atoms with E-state index < -0.39 is 6.16 Å². The van der Waals surface area contributed by atoms with Crippen LogP contribution in [0.3, 0.4) is 0 Å². The molecule has 0 amide bonds. The number of carbonyl (C=O) groups is 1. The zero-order valence-electron chi connectivity index (χ0n) is 6.87. The summed E-state index contributed by atoms with van der Waals surface area (Å²) in [5, 5.41) is 9.03. The molecule has 0 radical (unpaired) electrons. The lowest BCUT2D eigenvalue weighted by Gasteiger charge is -2.01. The van der Waals surface area contributed by atoms with Crippen LogP contribution in [0.5, 0.6) is 0 Å². The van der Waals surface area contributed by atoms with Crippen molar-refractivity contribution in [1.29, 1.82) is 0 Å². The minimum Gasteiger partial charge on any atom is -0.450 e.